The van der Waals surface area contributed by atoms with Crippen molar-refractivity contribution in [2.75, 3.05) is 6.61 Å². The van der Waals surface area contributed by atoms with Crippen LogP contribution < -0.4 is 15.9 Å². The first-order valence-corrected chi connectivity index (χ1v) is 7.79. The molecule has 0 atom stereocenters. The molecule has 3 rings (SSSR count). The Morgan fingerprint density at radius 3 is 2.33 bits per heavy atom. The van der Waals surface area contributed by atoms with Crippen molar-refractivity contribution in [3.8, 4) is 11.4 Å². The number of hydrogen-bond acceptors (Lipinski definition) is 3. The third-order valence-electron chi connectivity index (χ3n) is 3.68. The lowest BCUT2D eigenvalue weighted by Gasteiger charge is -2.13. The van der Waals surface area contributed by atoms with Crippen molar-refractivity contribution in [3.05, 3.63) is 93.3 Å². The van der Waals surface area contributed by atoms with Crippen LogP contribution >= 0.6 is 0 Å². The predicted octanol–water partition coefficient (Wildman–Crippen LogP) is 2.45. The topological polar surface area (TPSA) is 53.2 Å². The summed E-state index contributed by atoms with van der Waals surface area (Å²) in [5.74, 6) is 0.572. The monoisotopic (exact) mass is 322 g/mol. The summed E-state index contributed by atoms with van der Waals surface area (Å²) in [6.07, 6.45) is 3.23. The molecule has 0 saturated carbocycles. The normalized spacial score (nSPS) is 10.5. The Balaban J connectivity index is 2.03. The van der Waals surface area contributed by atoms with E-state index >= 15 is 0 Å². The molecule has 0 aliphatic rings. The van der Waals surface area contributed by atoms with Gasteiger partial charge in [0.1, 0.15) is 5.75 Å². The summed E-state index contributed by atoms with van der Waals surface area (Å²) in [7, 11) is 0. The van der Waals surface area contributed by atoms with Gasteiger partial charge in [-0.3, -0.25) is 14.2 Å². The van der Waals surface area contributed by atoms with E-state index in [-0.39, 0.29) is 0 Å². The van der Waals surface area contributed by atoms with E-state index in [4.69, 9.17) is 4.74 Å². The molecule has 0 aliphatic heterocycles. The van der Waals surface area contributed by atoms with Gasteiger partial charge in [0.15, 0.2) is 0 Å². The van der Waals surface area contributed by atoms with Gasteiger partial charge in [-0.05, 0) is 24.6 Å². The first kappa shape index (κ1) is 15.8. The maximum atomic E-state index is 12.5. The number of aromatic nitrogens is 2. The summed E-state index contributed by atoms with van der Waals surface area (Å²) in [5, 5.41) is 0. The number of ether oxygens (including phenoxy) is 1. The van der Waals surface area contributed by atoms with E-state index < -0.39 is 11.1 Å². The SMILES string of the molecule is CCOc1ccccc1-n1ccn(Cc2ccccc2)c(=O)c1=O. The van der Waals surface area contributed by atoms with Gasteiger partial charge in [0.05, 0.1) is 18.8 Å². The molecule has 0 saturated heterocycles. The van der Waals surface area contributed by atoms with Gasteiger partial charge < -0.3 is 9.30 Å². The van der Waals surface area contributed by atoms with Crippen LogP contribution in [-0.4, -0.2) is 15.7 Å². The van der Waals surface area contributed by atoms with E-state index in [0.717, 1.165) is 5.56 Å². The minimum atomic E-state index is -0.597. The number of para-hydroxylation sites is 2. The summed E-state index contributed by atoms with van der Waals surface area (Å²) in [4.78, 5) is 24.9. The Kier molecular flexibility index (Phi) is 4.61. The van der Waals surface area contributed by atoms with Crippen LogP contribution in [-0.2, 0) is 6.54 Å². The fourth-order valence-electron chi connectivity index (χ4n) is 2.54. The standard InChI is InChI=1S/C19H18N2O3/c1-2-24-17-11-7-6-10-16(17)21-13-12-20(18(22)19(21)23)14-15-8-4-3-5-9-15/h3-13H,2,14H2,1H3. The van der Waals surface area contributed by atoms with Gasteiger partial charge in [0, 0.05) is 12.4 Å². The maximum Gasteiger partial charge on any atom is 0.321 e. The molecule has 2 aromatic carbocycles. The van der Waals surface area contributed by atoms with Gasteiger partial charge in [-0.2, -0.15) is 0 Å². The van der Waals surface area contributed by atoms with Crippen LogP contribution in [0.15, 0.2) is 76.6 Å². The first-order chi connectivity index (χ1) is 11.7. The summed E-state index contributed by atoms with van der Waals surface area (Å²) in [5.41, 5.74) is 0.369. The third kappa shape index (κ3) is 3.15. The summed E-state index contributed by atoms with van der Waals surface area (Å²) < 4.78 is 8.29. The molecule has 0 radical (unpaired) electrons. The molecule has 0 spiro atoms. The molecule has 1 heterocycles. The average molecular weight is 322 g/mol. The van der Waals surface area contributed by atoms with Crippen LogP contribution in [0.4, 0.5) is 0 Å². The van der Waals surface area contributed by atoms with Gasteiger partial charge >= 0.3 is 11.1 Å². The predicted molar refractivity (Wildman–Crippen MR) is 93.0 cm³/mol. The summed E-state index contributed by atoms with van der Waals surface area (Å²) >= 11 is 0. The summed E-state index contributed by atoms with van der Waals surface area (Å²) in [6, 6.07) is 16.7. The highest BCUT2D eigenvalue weighted by Gasteiger charge is 2.10. The molecule has 0 amide bonds. The van der Waals surface area contributed by atoms with Crippen LogP contribution in [0.2, 0.25) is 0 Å². The van der Waals surface area contributed by atoms with Crippen molar-refractivity contribution in [1.29, 1.82) is 0 Å². The lowest BCUT2D eigenvalue weighted by atomic mass is 10.2. The van der Waals surface area contributed by atoms with Crippen LogP contribution in [0.25, 0.3) is 5.69 Å². The second-order valence-corrected chi connectivity index (χ2v) is 5.29. The van der Waals surface area contributed by atoms with Gasteiger partial charge in [0.2, 0.25) is 0 Å². The average Bonchev–Trinajstić information content (AvgIpc) is 2.61. The Labute approximate surface area is 139 Å². The molecule has 0 fully saturated rings. The van der Waals surface area contributed by atoms with Crippen molar-refractivity contribution < 1.29 is 4.74 Å². The molecule has 24 heavy (non-hydrogen) atoms. The zero-order chi connectivity index (χ0) is 16.9. The highest BCUT2D eigenvalue weighted by atomic mass is 16.5. The fourth-order valence-corrected chi connectivity index (χ4v) is 2.54. The van der Waals surface area contributed by atoms with Crippen LogP contribution in [0.1, 0.15) is 12.5 Å². The van der Waals surface area contributed by atoms with E-state index in [1.807, 2.05) is 43.3 Å². The van der Waals surface area contributed by atoms with Crippen molar-refractivity contribution in [2.24, 2.45) is 0 Å². The van der Waals surface area contributed by atoms with Gasteiger partial charge in [-0.15, -0.1) is 0 Å². The number of nitrogens with zero attached hydrogens (tertiary/aromatic N) is 2. The Hall–Kier alpha value is -3.08. The molecule has 5 heteroatoms. The first-order valence-electron chi connectivity index (χ1n) is 7.79. The quantitative estimate of drug-likeness (QED) is 0.678. The molecule has 5 nitrogen and oxygen atoms in total. The van der Waals surface area contributed by atoms with E-state index in [2.05, 4.69) is 0 Å². The van der Waals surface area contributed by atoms with E-state index in [1.165, 1.54) is 9.13 Å². The summed E-state index contributed by atoms with van der Waals surface area (Å²) in [6.45, 7) is 2.72. The molecule has 1 aromatic heterocycles. The molecular formula is C19H18N2O3. The van der Waals surface area contributed by atoms with Crippen molar-refractivity contribution >= 4 is 0 Å². The largest absolute Gasteiger partial charge is 0.492 e. The number of benzene rings is 2. The molecular weight excluding hydrogens is 304 g/mol. The highest BCUT2D eigenvalue weighted by molar-refractivity contribution is 5.46. The lowest BCUT2D eigenvalue weighted by molar-refractivity contribution is 0.339. The van der Waals surface area contributed by atoms with Crippen molar-refractivity contribution in [2.45, 2.75) is 13.5 Å². The highest BCUT2D eigenvalue weighted by Crippen LogP contribution is 2.20. The van der Waals surface area contributed by atoms with Crippen LogP contribution in [0.3, 0.4) is 0 Å². The Morgan fingerprint density at radius 1 is 0.875 bits per heavy atom. The van der Waals surface area contributed by atoms with E-state index in [0.29, 0.717) is 24.6 Å². The van der Waals surface area contributed by atoms with Gasteiger partial charge in [0.25, 0.3) is 0 Å². The van der Waals surface area contributed by atoms with E-state index in [1.54, 1.807) is 30.6 Å². The molecule has 0 aliphatic carbocycles. The van der Waals surface area contributed by atoms with Gasteiger partial charge in [-0.25, -0.2) is 0 Å². The van der Waals surface area contributed by atoms with E-state index in [9.17, 15) is 9.59 Å². The zero-order valence-electron chi connectivity index (χ0n) is 13.4. The number of hydrogen-bond donors (Lipinski definition) is 0. The van der Waals surface area contributed by atoms with Crippen LogP contribution in [0, 0.1) is 0 Å². The smallest absolute Gasteiger partial charge is 0.321 e. The minimum absolute atomic E-state index is 0.364. The minimum Gasteiger partial charge on any atom is -0.492 e. The molecule has 0 unspecified atom stereocenters. The molecule has 0 bridgehead atoms. The van der Waals surface area contributed by atoms with Crippen molar-refractivity contribution in [1.82, 2.24) is 9.13 Å². The second kappa shape index (κ2) is 7.00. The second-order valence-electron chi connectivity index (χ2n) is 5.29. The Bertz CT molecular complexity index is 943. The fraction of sp³-hybridized carbons (Fsp3) is 0.158. The zero-order valence-corrected chi connectivity index (χ0v) is 13.4. The molecule has 3 aromatic rings. The number of rotatable bonds is 5. The lowest BCUT2D eigenvalue weighted by Crippen LogP contribution is -2.40. The van der Waals surface area contributed by atoms with Crippen LogP contribution in [0.5, 0.6) is 5.75 Å². The van der Waals surface area contributed by atoms with Gasteiger partial charge in [-0.1, -0.05) is 42.5 Å². The third-order valence-corrected chi connectivity index (χ3v) is 3.68. The maximum absolute atomic E-state index is 12.5. The molecule has 0 N–H and O–H groups in total. The Morgan fingerprint density at radius 2 is 1.58 bits per heavy atom. The molecule has 122 valence electrons. The van der Waals surface area contributed by atoms with Crippen molar-refractivity contribution in [3.63, 3.8) is 0 Å².